The number of amides is 1. The topological polar surface area (TPSA) is 48.5 Å². The van der Waals surface area contributed by atoms with Crippen molar-refractivity contribution in [3.63, 3.8) is 0 Å². The van der Waals surface area contributed by atoms with E-state index in [-0.39, 0.29) is 5.91 Å². The van der Waals surface area contributed by atoms with Crippen LogP contribution in [0.3, 0.4) is 0 Å². The first-order chi connectivity index (χ1) is 14.1. The molecule has 5 nitrogen and oxygen atoms in total. The normalized spacial score (nSPS) is 26.2. The number of rotatable bonds is 6. The second-order valence-corrected chi connectivity index (χ2v) is 9.78. The molecule has 29 heavy (non-hydrogen) atoms. The summed E-state index contributed by atoms with van der Waals surface area (Å²) in [4.78, 5) is 21.0. The van der Waals surface area contributed by atoms with Crippen molar-refractivity contribution in [1.29, 1.82) is 0 Å². The zero-order valence-electron chi connectivity index (χ0n) is 18.2. The number of nitrogens with one attached hydrogen (secondary N) is 1. The van der Waals surface area contributed by atoms with E-state index in [1.807, 2.05) is 6.20 Å². The fourth-order valence-electron chi connectivity index (χ4n) is 5.74. The lowest BCUT2D eigenvalue weighted by Crippen LogP contribution is -2.45. The molecular formula is C24H38N4O. The van der Waals surface area contributed by atoms with Gasteiger partial charge in [0.15, 0.2) is 0 Å². The van der Waals surface area contributed by atoms with Gasteiger partial charge in [-0.1, -0.05) is 38.2 Å². The number of aromatic nitrogens is 1. The van der Waals surface area contributed by atoms with Gasteiger partial charge in [0.2, 0.25) is 5.91 Å². The Morgan fingerprint density at radius 3 is 2.76 bits per heavy atom. The molecule has 1 atom stereocenters. The van der Waals surface area contributed by atoms with Crippen LogP contribution in [0.2, 0.25) is 0 Å². The quantitative estimate of drug-likeness (QED) is 0.787. The summed E-state index contributed by atoms with van der Waals surface area (Å²) in [5, 5.41) is 2.84. The molecule has 3 fully saturated rings. The van der Waals surface area contributed by atoms with Crippen molar-refractivity contribution in [2.45, 2.75) is 71.3 Å². The SMILES string of the molecule is CC(=O)NCc1ccc(N2CC[C@@]3(CCCN(CCC4CCCCC4)C3)C2)nc1. The average Bonchev–Trinajstić information content (AvgIpc) is 3.15. The Morgan fingerprint density at radius 2 is 2.00 bits per heavy atom. The van der Waals surface area contributed by atoms with Crippen molar-refractivity contribution >= 4 is 11.7 Å². The average molecular weight is 399 g/mol. The molecule has 1 saturated carbocycles. The lowest BCUT2D eigenvalue weighted by molar-refractivity contribution is -0.119. The molecule has 1 N–H and O–H groups in total. The summed E-state index contributed by atoms with van der Waals surface area (Å²) in [5.74, 6) is 2.08. The van der Waals surface area contributed by atoms with Gasteiger partial charge in [0.25, 0.3) is 0 Å². The highest BCUT2D eigenvalue weighted by Crippen LogP contribution is 2.40. The molecule has 1 aromatic heterocycles. The molecule has 0 radical (unpaired) electrons. The van der Waals surface area contributed by atoms with E-state index in [1.165, 1.54) is 77.4 Å². The Morgan fingerprint density at radius 1 is 1.14 bits per heavy atom. The molecule has 1 amide bonds. The van der Waals surface area contributed by atoms with E-state index in [4.69, 9.17) is 4.98 Å². The van der Waals surface area contributed by atoms with Crippen LogP contribution < -0.4 is 10.2 Å². The summed E-state index contributed by atoms with van der Waals surface area (Å²) in [5.41, 5.74) is 1.52. The molecule has 0 unspecified atom stereocenters. The lowest BCUT2D eigenvalue weighted by Gasteiger charge is -2.41. The van der Waals surface area contributed by atoms with Crippen molar-refractivity contribution < 1.29 is 4.79 Å². The van der Waals surface area contributed by atoms with Crippen molar-refractivity contribution in [3.8, 4) is 0 Å². The second kappa shape index (κ2) is 9.46. The van der Waals surface area contributed by atoms with E-state index in [2.05, 4.69) is 27.2 Å². The Hall–Kier alpha value is -1.62. The van der Waals surface area contributed by atoms with E-state index in [9.17, 15) is 4.79 Å². The van der Waals surface area contributed by atoms with Gasteiger partial charge in [-0.25, -0.2) is 4.98 Å². The number of hydrogen-bond acceptors (Lipinski definition) is 4. The van der Waals surface area contributed by atoms with E-state index >= 15 is 0 Å². The van der Waals surface area contributed by atoms with E-state index < -0.39 is 0 Å². The number of carbonyl (C=O) groups excluding carboxylic acids is 1. The number of hydrogen-bond donors (Lipinski definition) is 1. The van der Waals surface area contributed by atoms with Crippen LogP contribution in [0.4, 0.5) is 5.82 Å². The summed E-state index contributed by atoms with van der Waals surface area (Å²) >= 11 is 0. The van der Waals surface area contributed by atoms with Gasteiger partial charge in [-0.3, -0.25) is 4.79 Å². The van der Waals surface area contributed by atoms with Crippen molar-refractivity contribution in [2.24, 2.45) is 11.3 Å². The van der Waals surface area contributed by atoms with Crippen LogP contribution in [0.5, 0.6) is 0 Å². The van der Waals surface area contributed by atoms with Crippen LogP contribution in [0.1, 0.15) is 70.3 Å². The largest absolute Gasteiger partial charge is 0.356 e. The fourth-order valence-corrected chi connectivity index (χ4v) is 5.74. The Kier molecular flexibility index (Phi) is 6.74. The molecule has 2 aliphatic heterocycles. The van der Waals surface area contributed by atoms with Gasteiger partial charge in [0, 0.05) is 44.7 Å². The summed E-state index contributed by atoms with van der Waals surface area (Å²) in [6, 6.07) is 4.22. The minimum Gasteiger partial charge on any atom is -0.356 e. The molecule has 1 aliphatic carbocycles. The molecule has 0 aromatic carbocycles. The highest BCUT2D eigenvalue weighted by molar-refractivity contribution is 5.72. The number of carbonyl (C=O) groups is 1. The number of likely N-dealkylation sites (tertiary alicyclic amines) is 1. The zero-order valence-corrected chi connectivity index (χ0v) is 18.2. The minimum absolute atomic E-state index is 0.000834. The first kappa shape index (κ1) is 20.6. The van der Waals surface area contributed by atoms with Gasteiger partial charge in [-0.05, 0) is 56.3 Å². The van der Waals surface area contributed by atoms with Gasteiger partial charge < -0.3 is 15.1 Å². The summed E-state index contributed by atoms with van der Waals surface area (Å²) in [7, 11) is 0. The van der Waals surface area contributed by atoms with Crippen LogP contribution in [-0.2, 0) is 11.3 Å². The van der Waals surface area contributed by atoms with Crippen molar-refractivity contribution in [3.05, 3.63) is 23.9 Å². The highest BCUT2D eigenvalue weighted by Gasteiger charge is 2.41. The molecule has 160 valence electrons. The molecule has 3 aliphatic rings. The molecule has 1 aromatic rings. The predicted molar refractivity (Wildman–Crippen MR) is 118 cm³/mol. The summed E-state index contributed by atoms with van der Waals surface area (Å²) in [6.07, 6.45) is 14.6. The van der Waals surface area contributed by atoms with E-state index in [0.29, 0.717) is 12.0 Å². The van der Waals surface area contributed by atoms with Crippen LogP contribution in [0.25, 0.3) is 0 Å². The van der Waals surface area contributed by atoms with Gasteiger partial charge in [-0.2, -0.15) is 0 Å². The van der Waals surface area contributed by atoms with Gasteiger partial charge in [0.1, 0.15) is 5.82 Å². The van der Waals surface area contributed by atoms with Crippen molar-refractivity contribution in [1.82, 2.24) is 15.2 Å². The molecular weight excluding hydrogens is 360 g/mol. The summed E-state index contributed by atoms with van der Waals surface area (Å²) < 4.78 is 0. The first-order valence-corrected chi connectivity index (χ1v) is 11.8. The number of piperidine rings is 1. The van der Waals surface area contributed by atoms with Gasteiger partial charge in [-0.15, -0.1) is 0 Å². The van der Waals surface area contributed by atoms with Gasteiger partial charge in [0.05, 0.1) is 0 Å². The Balaban J connectivity index is 1.29. The maximum atomic E-state index is 11.1. The van der Waals surface area contributed by atoms with Gasteiger partial charge >= 0.3 is 0 Å². The third-order valence-electron chi connectivity index (χ3n) is 7.43. The Labute approximate surface area is 176 Å². The minimum atomic E-state index is 0.000834. The maximum Gasteiger partial charge on any atom is 0.217 e. The first-order valence-electron chi connectivity index (χ1n) is 11.8. The standard InChI is InChI=1S/C24H38N4O/c1-20(29)25-16-22-8-9-23(26-17-22)28-15-12-24(19-28)11-5-13-27(18-24)14-10-21-6-3-2-4-7-21/h8-9,17,21H,2-7,10-16,18-19H2,1H3,(H,25,29)/t24-/m1/s1. The molecule has 3 heterocycles. The predicted octanol–water partition coefficient (Wildman–Crippen LogP) is 3.98. The Bertz CT molecular complexity index is 670. The molecule has 5 heteroatoms. The maximum absolute atomic E-state index is 11.1. The third kappa shape index (κ3) is 5.50. The smallest absolute Gasteiger partial charge is 0.217 e. The van der Waals surface area contributed by atoms with E-state index in [0.717, 1.165) is 30.4 Å². The number of nitrogens with zero attached hydrogens (tertiary/aromatic N) is 3. The highest BCUT2D eigenvalue weighted by atomic mass is 16.1. The molecule has 2 saturated heterocycles. The third-order valence-corrected chi connectivity index (χ3v) is 7.43. The van der Waals surface area contributed by atoms with Crippen LogP contribution in [0, 0.1) is 11.3 Å². The zero-order chi connectivity index (χ0) is 20.1. The lowest BCUT2D eigenvalue weighted by atomic mass is 9.79. The number of anilines is 1. The van der Waals surface area contributed by atoms with Crippen LogP contribution in [0.15, 0.2) is 18.3 Å². The molecule has 0 bridgehead atoms. The number of pyridine rings is 1. The van der Waals surface area contributed by atoms with Crippen LogP contribution in [-0.4, -0.2) is 48.5 Å². The summed E-state index contributed by atoms with van der Waals surface area (Å²) in [6.45, 7) is 8.25. The van der Waals surface area contributed by atoms with E-state index in [1.54, 1.807) is 6.92 Å². The van der Waals surface area contributed by atoms with Crippen molar-refractivity contribution in [2.75, 3.05) is 37.6 Å². The fraction of sp³-hybridized carbons (Fsp3) is 0.750. The molecule has 4 rings (SSSR count). The molecule has 1 spiro atoms. The second-order valence-electron chi connectivity index (χ2n) is 9.78. The monoisotopic (exact) mass is 398 g/mol. The van der Waals surface area contributed by atoms with Crippen LogP contribution >= 0.6 is 0 Å².